The molecule has 1 N–H and O–H groups in total. The summed E-state index contributed by atoms with van der Waals surface area (Å²) >= 11 is 18.0. The molecule has 2 aromatic carbocycles. The topological polar surface area (TPSA) is 107 Å². The van der Waals surface area contributed by atoms with Crippen LogP contribution < -0.4 is 15.6 Å². The van der Waals surface area contributed by atoms with E-state index in [1.54, 1.807) is 24.3 Å². The molecule has 2 heterocycles. The molecule has 0 saturated heterocycles. The third-order valence-corrected chi connectivity index (χ3v) is 4.95. The number of nitrogens with zero attached hydrogens (tertiary/aromatic N) is 2. The highest BCUT2D eigenvalue weighted by molar-refractivity contribution is 6.38. The van der Waals surface area contributed by atoms with E-state index < -0.39 is 11.3 Å². The minimum atomic E-state index is -0.559. The predicted molar refractivity (Wildman–Crippen MR) is 121 cm³/mol. The van der Waals surface area contributed by atoms with Crippen LogP contribution in [0.1, 0.15) is 5.56 Å². The maximum absolute atomic E-state index is 12.6. The maximum atomic E-state index is 12.6. The van der Waals surface area contributed by atoms with Gasteiger partial charge in [0.25, 0.3) is 5.91 Å². The second-order valence-electron chi connectivity index (χ2n) is 6.38. The van der Waals surface area contributed by atoms with Crippen molar-refractivity contribution in [3.8, 4) is 17.1 Å². The summed E-state index contributed by atoms with van der Waals surface area (Å²) in [5.41, 5.74) is 2.72. The molecule has 0 saturated carbocycles. The van der Waals surface area contributed by atoms with Crippen molar-refractivity contribution in [3.63, 3.8) is 0 Å². The van der Waals surface area contributed by atoms with E-state index >= 15 is 0 Å². The molecule has 1 amide bonds. The largest absolute Gasteiger partial charge is 0.483 e. The third kappa shape index (κ3) is 4.77. The first-order valence-electron chi connectivity index (χ1n) is 8.98. The number of halogens is 3. The molecule has 0 atom stereocenters. The van der Waals surface area contributed by atoms with E-state index in [2.05, 4.69) is 15.7 Å². The number of aromatic nitrogens is 1. The first-order valence-corrected chi connectivity index (χ1v) is 10.1. The molecular weight excluding hydrogens is 481 g/mol. The highest BCUT2D eigenvalue weighted by atomic mass is 35.5. The second-order valence-corrected chi connectivity index (χ2v) is 7.66. The van der Waals surface area contributed by atoms with E-state index in [0.717, 1.165) is 6.21 Å². The van der Waals surface area contributed by atoms with Gasteiger partial charge in [-0.2, -0.15) is 5.10 Å². The molecule has 0 bridgehead atoms. The number of hydrazone groups is 1. The van der Waals surface area contributed by atoms with Crippen LogP contribution in [-0.4, -0.2) is 23.9 Å². The maximum Gasteiger partial charge on any atom is 0.277 e. The highest BCUT2D eigenvalue weighted by Crippen LogP contribution is 2.32. The van der Waals surface area contributed by atoms with Crippen LogP contribution in [0, 0.1) is 0 Å². The Hall–Kier alpha value is -3.33. The number of rotatable bonds is 6. The fourth-order valence-corrected chi connectivity index (χ4v) is 3.50. The van der Waals surface area contributed by atoms with Crippen LogP contribution in [0.15, 0.2) is 67.7 Å². The Bertz CT molecular complexity index is 1380. The van der Waals surface area contributed by atoms with Crippen molar-refractivity contribution in [2.24, 2.45) is 5.10 Å². The van der Waals surface area contributed by atoms with Gasteiger partial charge in [0.2, 0.25) is 5.43 Å². The number of fused-ring (bicyclic) bond motifs is 1. The Morgan fingerprint density at radius 3 is 2.78 bits per heavy atom. The molecule has 2 aromatic heterocycles. The average molecular weight is 493 g/mol. The number of nitrogens with one attached hydrogen (secondary N) is 1. The molecule has 0 aliphatic rings. The third-order valence-electron chi connectivity index (χ3n) is 4.22. The van der Waals surface area contributed by atoms with Crippen LogP contribution in [0.2, 0.25) is 15.1 Å². The molecule has 8 nitrogen and oxygen atoms in total. The Morgan fingerprint density at radius 1 is 1.16 bits per heavy atom. The number of benzene rings is 2. The summed E-state index contributed by atoms with van der Waals surface area (Å²) in [5, 5.41) is 8.59. The van der Waals surface area contributed by atoms with E-state index in [9.17, 15) is 9.59 Å². The van der Waals surface area contributed by atoms with Crippen molar-refractivity contribution in [2.45, 2.75) is 0 Å². The van der Waals surface area contributed by atoms with Crippen molar-refractivity contribution in [1.29, 1.82) is 0 Å². The van der Waals surface area contributed by atoms with Gasteiger partial charge in [-0.1, -0.05) is 40.0 Å². The number of hydrogen-bond donors (Lipinski definition) is 1. The van der Waals surface area contributed by atoms with Gasteiger partial charge in [0.05, 0.1) is 33.9 Å². The zero-order valence-electron chi connectivity index (χ0n) is 16.0. The molecule has 4 rings (SSSR count). The summed E-state index contributed by atoms with van der Waals surface area (Å²) < 4.78 is 16.1. The molecule has 4 aromatic rings. The number of carbonyl (C=O) groups excluding carboxylic acids is 1. The van der Waals surface area contributed by atoms with Crippen LogP contribution in [-0.2, 0) is 4.79 Å². The monoisotopic (exact) mass is 491 g/mol. The van der Waals surface area contributed by atoms with Crippen molar-refractivity contribution in [1.82, 2.24) is 10.6 Å². The fourth-order valence-electron chi connectivity index (χ4n) is 2.79. The summed E-state index contributed by atoms with van der Waals surface area (Å²) in [6, 6.07) is 9.40. The lowest BCUT2D eigenvalue weighted by Crippen LogP contribution is -2.25. The molecular formula is C21H12Cl3N3O5. The number of ether oxygens (including phenoxy) is 1. The molecule has 162 valence electrons. The summed E-state index contributed by atoms with van der Waals surface area (Å²) in [5.74, 6) is 0.245. The molecule has 11 heteroatoms. The zero-order valence-corrected chi connectivity index (χ0v) is 18.2. The van der Waals surface area contributed by atoms with E-state index in [-0.39, 0.29) is 28.2 Å². The first-order chi connectivity index (χ1) is 15.4. The van der Waals surface area contributed by atoms with Gasteiger partial charge in [0, 0.05) is 16.1 Å². The van der Waals surface area contributed by atoms with E-state index in [1.165, 1.54) is 24.6 Å². The Kier molecular flexibility index (Phi) is 6.45. The standard InChI is InChI=1S/C21H12Cl3N3O5/c22-12-1-2-17(14(5-12)18-3-4-26-32-18)30-10-19(28)27-25-8-11-9-31-21-15(20(11)29)6-13(23)7-16(21)24/h1-9H,10H2,(H,27,28)/b25-8+. The number of amides is 1. The van der Waals surface area contributed by atoms with Crippen LogP contribution in [0.3, 0.4) is 0 Å². The van der Waals surface area contributed by atoms with Crippen molar-refractivity contribution >= 4 is 57.9 Å². The van der Waals surface area contributed by atoms with Gasteiger partial charge < -0.3 is 13.7 Å². The van der Waals surface area contributed by atoms with Crippen LogP contribution >= 0.6 is 34.8 Å². The SMILES string of the molecule is O=C(COc1ccc(Cl)cc1-c1ccno1)N/N=C/c1coc2c(Cl)cc(Cl)cc2c1=O. The van der Waals surface area contributed by atoms with Gasteiger partial charge in [0.1, 0.15) is 12.0 Å². The zero-order chi connectivity index (χ0) is 22.7. The van der Waals surface area contributed by atoms with Gasteiger partial charge in [-0.25, -0.2) is 5.43 Å². The van der Waals surface area contributed by atoms with Crippen LogP contribution in [0.25, 0.3) is 22.3 Å². The Balaban J connectivity index is 1.43. The Labute approximate surface area is 195 Å². The lowest BCUT2D eigenvalue weighted by Gasteiger charge is -2.09. The predicted octanol–water partition coefficient (Wildman–Crippen LogP) is 4.94. The molecule has 0 aliphatic carbocycles. The van der Waals surface area contributed by atoms with E-state index in [0.29, 0.717) is 27.1 Å². The minimum absolute atomic E-state index is 0.0994. The Morgan fingerprint density at radius 2 is 2.00 bits per heavy atom. The normalized spacial score (nSPS) is 11.2. The first kappa shape index (κ1) is 21.9. The van der Waals surface area contributed by atoms with Crippen molar-refractivity contribution in [3.05, 3.63) is 79.7 Å². The van der Waals surface area contributed by atoms with Crippen LogP contribution in [0.5, 0.6) is 5.75 Å². The molecule has 0 spiro atoms. The molecule has 0 fully saturated rings. The summed E-state index contributed by atoms with van der Waals surface area (Å²) in [4.78, 5) is 24.7. The smallest absolute Gasteiger partial charge is 0.277 e. The summed E-state index contributed by atoms with van der Waals surface area (Å²) in [6.07, 6.45) is 3.82. The second kappa shape index (κ2) is 9.44. The van der Waals surface area contributed by atoms with Crippen LogP contribution in [0.4, 0.5) is 0 Å². The minimum Gasteiger partial charge on any atom is -0.483 e. The average Bonchev–Trinajstić information content (AvgIpc) is 3.29. The fraction of sp³-hybridized carbons (Fsp3) is 0.0476. The van der Waals surface area contributed by atoms with Crippen molar-refractivity contribution in [2.75, 3.05) is 6.61 Å². The number of carbonyl (C=O) groups is 1. The van der Waals surface area contributed by atoms with Gasteiger partial charge in [0.15, 0.2) is 18.0 Å². The summed E-state index contributed by atoms with van der Waals surface area (Å²) in [6.45, 7) is -0.350. The summed E-state index contributed by atoms with van der Waals surface area (Å²) in [7, 11) is 0. The van der Waals surface area contributed by atoms with E-state index in [4.69, 9.17) is 48.5 Å². The van der Waals surface area contributed by atoms with Gasteiger partial charge in [-0.05, 0) is 30.3 Å². The molecule has 0 radical (unpaired) electrons. The van der Waals surface area contributed by atoms with Crippen molar-refractivity contribution < 1.29 is 18.5 Å². The lowest BCUT2D eigenvalue weighted by atomic mass is 10.1. The van der Waals surface area contributed by atoms with E-state index in [1.807, 2.05) is 0 Å². The molecule has 32 heavy (non-hydrogen) atoms. The molecule has 0 aliphatic heterocycles. The molecule has 0 unspecified atom stereocenters. The highest BCUT2D eigenvalue weighted by Gasteiger charge is 2.13. The number of hydrogen-bond acceptors (Lipinski definition) is 7. The lowest BCUT2D eigenvalue weighted by molar-refractivity contribution is -0.123. The van der Waals surface area contributed by atoms with Gasteiger partial charge in [-0.3, -0.25) is 9.59 Å². The quantitative estimate of drug-likeness (QED) is 0.302. The van der Waals surface area contributed by atoms with Gasteiger partial charge in [-0.15, -0.1) is 0 Å². The van der Waals surface area contributed by atoms with Gasteiger partial charge >= 0.3 is 0 Å².